The number of benzene rings is 2. The van der Waals surface area contributed by atoms with E-state index < -0.39 is 9.84 Å². The van der Waals surface area contributed by atoms with E-state index in [4.69, 9.17) is 17.0 Å². The van der Waals surface area contributed by atoms with Crippen LogP contribution in [0.25, 0.3) is 0 Å². The number of rotatable bonds is 5. The highest BCUT2D eigenvalue weighted by Crippen LogP contribution is 2.23. The first-order valence-electron chi connectivity index (χ1n) is 9.25. The number of anilines is 1. The molecule has 5 nitrogen and oxygen atoms in total. The Kier molecular flexibility index (Phi) is 6.25. The lowest BCUT2D eigenvalue weighted by Crippen LogP contribution is -2.43. The maximum Gasteiger partial charge on any atom is 0.174 e. The van der Waals surface area contributed by atoms with E-state index in [0.717, 1.165) is 17.0 Å². The molecule has 0 aromatic heterocycles. The van der Waals surface area contributed by atoms with E-state index in [1.54, 1.807) is 7.11 Å². The molecule has 2 aromatic rings. The summed E-state index contributed by atoms with van der Waals surface area (Å²) in [4.78, 5) is 2.00. The van der Waals surface area contributed by atoms with Crippen molar-refractivity contribution in [1.82, 2.24) is 4.90 Å². The highest BCUT2D eigenvalue weighted by molar-refractivity contribution is 7.91. The van der Waals surface area contributed by atoms with Gasteiger partial charge < -0.3 is 15.0 Å². The minimum Gasteiger partial charge on any atom is -0.497 e. The lowest BCUT2D eigenvalue weighted by atomic mass is 10.1. The minimum atomic E-state index is -3.01. The monoisotopic (exact) mass is 418 g/mol. The summed E-state index contributed by atoms with van der Waals surface area (Å²) < 4.78 is 29.3. The predicted octanol–water partition coefficient (Wildman–Crippen LogP) is 3.70. The normalized spacial score (nSPS) is 17.9. The van der Waals surface area contributed by atoms with Crippen molar-refractivity contribution in [3.63, 3.8) is 0 Å². The Balaban J connectivity index is 1.81. The minimum absolute atomic E-state index is 0.126. The van der Waals surface area contributed by atoms with Crippen LogP contribution in [0.3, 0.4) is 0 Å². The second-order valence-electron chi connectivity index (χ2n) is 7.26. The molecule has 2 aromatic carbocycles. The third-order valence-corrected chi connectivity index (χ3v) is 7.27. The van der Waals surface area contributed by atoms with Crippen LogP contribution in [0.4, 0.5) is 5.69 Å². The summed E-state index contributed by atoms with van der Waals surface area (Å²) in [5, 5.41) is 3.84. The number of thiocarbonyl (C=S) groups is 1. The van der Waals surface area contributed by atoms with Crippen molar-refractivity contribution in [3.05, 3.63) is 59.2 Å². The predicted molar refractivity (Wildman–Crippen MR) is 118 cm³/mol. The molecule has 7 heteroatoms. The second-order valence-corrected chi connectivity index (χ2v) is 9.88. The molecule has 1 heterocycles. The summed E-state index contributed by atoms with van der Waals surface area (Å²) in [6, 6.07) is 13.7. The lowest BCUT2D eigenvalue weighted by Gasteiger charge is -2.31. The van der Waals surface area contributed by atoms with Crippen molar-refractivity contribution in [2.24, 2.45) is 0 Å². The standard InChI is InChI=1S/C21H26N2O3S2/c1-15-4-7-18(12-16(15)2)22-21(27)23(19-10-11-28(24,25)14-19)13-17-5-8-20(26-3)9-6-17/h4-9,12,19H,10-11,13-14H2,1-3H3,(H,22,27)/t19-/m0/s1. The van der Waals surface area contributed by atoms with Gasteiger partial charge in [-0.15, -0.1) is 0 Å². The number of aryl methyl sites for hydroxylation is 2. The number of sulfone groups is 1. The maximum absolute atomic E-state index is 12.0. The highest BCUT2D eigenvalue weighted by atomic mass is 32.2. The molecule has 3 rings (SSSR count). The van der Waals surface area contributed by atoms with Gasteiger partial charge in [0.25, 0.3) is 0 Å². The van der Waals surface area contributed by atoms with Crippen LogP contribution in [0.15, 0.2) is 42.5 Å². The summed E-state index contributed by atoms with van der Waals surface area (Å²) in [5.74, 6) is 1.13. The molecule has 0 aliphatic carbocycles. The third kappa shape index (κ3) is 5.02. The maximum atomic E-state index is 12.0. The van der Waals surface area contributed by atoms with E-state index in [2.05, 4.69) is 25.2 Å². The Hall–Kier alpha value is -2.12. The molecule has 0 saturated carbocycles. The zero-order valence-corrected chi connectivity index (χ0v) is 18.1. The van der Waals surface area contributed by atoms with Gasteiger partial charge in [-0.1, -0.05) is 18.2 Å². The average molecular weight is 419 g/mol. The van der Waals surface area contributed by atoms with Gasteiger partial charge in [0.15, 0.2) is 14.9 Å². The molecule has 0 bridgehead atoms. The van der Waals surface area contributed by atoms with E-state index in [-0.39, 0.29) is 17.5 Å². The fraction of sp³-hybridized carbons (Fsp3) is 0.381. The van der Waals surface area contributed by atoms with Gasteiger partial charge in [0.05, 0.1) is 18.6 Å². The largest absolute Gasteiger partial charge is 0.497 e. The van der Waals surface area contributed by atoms with Crippen LogP contribution >= 0.6 is 12.2 Å². The fourth-order valence-corrected chi connectivity index (χ4v) is 5.39. The molecular formula is C21H26N2O3S2. The molecule has 0 amide bonds. The van der Waals surface area contributed by atoms with Gasteiger partial charge in [-0.25, -0.2) is 8.42 Å². The summed E-state index contributed by atoms with van der Waals surface area (Å²) in [6.45, 7) is 4.67. The molecule has 1 N–H and O–H groups in total. The van der Waals surface area contributed by atoms with E-state index in [1.807, 2.05) is 41.3 Å². The van der Waals surface area contributed by atoms with Crippen LogP contribution < -0.4 is 10.1 Å². The molecule has 0 spiro atoms. The molecular weight excluding hydrogens is 392 g/mol. The van der Waals surface area contributed by atoms with E-state index in [0.29, 0.717) is 18.1 Å². The molecule has 0 unspecified atom stereocenters. The van der Waals surface area contributed by atoms with Gasteiger partial charge in [0, 0.05) is 18.3 Å². The number of methoxy groups -OCH3 is 1. The summed E-state index contributed by atoms with van der Waals surface area (Å²) in [7, 11) is -1.38. The number of ether oxygens (including phenoxy) is 1. The lowest BCUT2D eigenvalue weighted by molar-refractivity contribution is 0.332. The van der Waals surface area contributed by atoms with Crippen LogP contribution in [-0.2, 0) is 16.4 Å². The van der Waals surface area contributed by atoms with Gasteiger partial charge in [-0.05, 0) is 73.4 Å². The Labute approximate surface area is 172 Å². The first-order valence-corrected chi connectivity index (χ1v) is 11.5. The van der Waals surface area contributed by atoms with Crippen LogP contribution in [0.5, 0.6) is 5.75 Å². The van der Waals surface area contributed by atoms with E-state index in [1.165, 1.54) is 11.1 Å². The fourth-order valence-electron chi connectivity index (χ4n) is 3.33. The summed E-state index contributed by atoms with van der Waals surface area (Å²) in [6.07, 6.45) is 0.591. The Morgan fingerprint density at radius 3 is 2.46 bits per heavy atom. The molecule has 28 heavy (non-hydrogen) atoms. The van der Waals surface area contributed by atoms with Gasteiger partial charge in [-0.3, -0.25) is 0 Å². The van der Waals surface area contributed by atoms with Crippen molar-refractivity contribution in [3.8, 4) is 5.75 Å². The molecule has 1 fully saturated rings. The van der Waals surface area contributed by atoms with Crippen molar-refractivity contribution in [2.45, 2.75) is 32.9 Å². The number of hydrogen-bond donors (Lipinski definition) is 1. The summed E-state index contributed by atoms with van der Waals surface area (Å²) in [5.41, 5.74) is 4.36. The first kappa shape index (κ1) is 20.6. The van der Waals surface area contributed by atoms with Crippen LogP contribution in [0.1, 0.15) is 23.1 Å². The Morgan fingerprint density at radius 1 is 1.18 bits per heavy atom. The smallest absolute Gasteiger partial charge is 0.174 e. The average Bonchev–Trinajstić information content (AvgIpc) is 3.02. The van der Waals surface area contributed by atoms with Crippen LogP contribution in [-0.4, -0.2) is 43.1 Å². The SMILES string of the molecule is COc1ccc(CN(C(=S)Nc2ccc(C)c(C)c2)[C@H]2CCS(=O)(=O)C2)cc1. The van der Waals surface area contributed by atoms with Gasteiger partial charge >= 0.3 is 0 Å². The topological polar surface area (TPSA) is 58.6 Å². The second kappa shape index (κ2) is 8.49. The molecule has 1 aliphatic rings. The van der Waals surface area contributed by atoms with Gasteiger partial charge in [-0.2, -0.15) is 0 Å². The quantitative estimate of drug-likeness (QED) is 0.747. The van der Waals surface area contributed by atoms with Crippen molar-refractivity contribution in [1.29, 1.82) is 0 Å². The van der Waals surface area contributed by atoms with Crippen LogP contribution in [0.2, 0.25) is 0 Å². The molecule has 0 radical (unpaired) electrons. The Bertz CT molecular complexity index is 956. The Morgan fingerprint density at radius 2 is 1.89 bits per heavy atom. The third-order valence-electron chi connectivity index (χ3n) is 5.18. The number of hydrogen-bond acceptors (Lipinski definition) is 4. The van der Waals surface area contributed by atoms with Gasteiger partial charge in [0.1, 0.15) is 5.75 Å². The number of nitrogens with zero attached hydrogens (tertiary/aromatic N) is 1. The van der Waals surface area contributed by atoms with Crippen molar-refractivity contribution >= 4 is 32.9 Å². The van der Waals surface area contributed by atoms with Gasteiger partial charge in [0.2, 0.25) is 0 Å². The van der Waals surface area contributed by atoms with Crippen LogP contribution in [0, 0.1) is 13.8 Å². The van der Waals surface area contributed by atoms with E-state index in [9.17, 15) is 8.42 Å². The molecule has 1 atom stereocenters. The molecule has 1 aliphatic heterocycles. The molecule has 150 valence electrons. The van der Waals surface area contributed by atoms with Crippen molar-refractivity contribution < 1.29 is 13.2 Å². The first-order chi connectivity index (χ1) is 13.3. The van der Waals surface area contributed by atoms with E-state index >= 15 is 0 Å². The molecule has 1 saturated heterocycles. The van der Waals surface area contributed by atoms with Crippen molar-refractivity contribution in [2.75, 3.05) is 23.9 Å². The zero-order valence-electron chi connectivity index (χ0n) is 16.4. The number of nitrogens with one attached hydrogen (secondary N) is 1. The highest BCUT2D eigenvalue weighted by Gasteiger charge is 2.33. The summed E-state index contributed by atoms with van der Waals surface area (Å²) >= 11 is 5.69. The zero-order chi connectivity index (χ0) is 20.3.